The van der Waals surface area contributed by atoms with E-state index in [0.29, 0.717) is 11.5 Å². The van der Waals surface area contributed by atoms with Crippen LogP contribution in [0.1, 0.15) is 29.8 Å². The zero-order valence-corrected chi connectivity index (χ0v) is 14.6. The highest BCUT2D eigenvalue weighted by molar-refractivity contribution is 9.10. The summed E-state index contributed by atoms with van der Waals surface area (Å²) in [5.41, 5.74) is 3.26. The van der Waals surface area contributed by atoms with E-state index in [9.17, 15) is 4.79 Å². The van der Waals surface area contributed by atoms with Crippen LogP contribution in [-0.2, 0) is 0 Å². The van der Waals surface area contributed by atoms with E-state index in [1.807, 2.05) is 31.2 Å². The molecule has 0 saturated carbocycles. The summed E-state index contributed by atoms with van der Waals surface area (Å²) in [4.78, 5) is 16.5. The quantitative estimate of drug-likeness (QED) is 0.825. The van der Waals surface area contributed by atoms with Crippen molar-refractivity contribution >= 4 is 33.2 Å². The largest absolute Gasteiger partial charge is 0.384 e. The van der Waals surface area contributed by atoms with E-state index in [1.54, 1.807) is 12.4 Å². The Hall–Kier alpha value is -1.88. The van der Waals surface area contributed by atoms with E-state index in [0.717, 1.165) is 28.0 Å². The summed E-state index contributed by atoms with van der Waals surface area (Å²) in [7, 11) is 0. The molecule has 116 valence electrons. The molecule has 1 aromatic carbocycles. The number of anilines is 2. The Labute approximate surface area is 139 Å². The molecule has 0 atom stereocenters. The first-order valence-electron chi connectivity index (χ1n) is 7.22. The fourth-order valence-electron chi connectivity index (χ4n) is 1.90. The number of aromatic nitrogens is 1. The van der Waals surface area contributed by atoms with Gasteiger partial charge in [0.15, 0.2) is 0 Å². The SMILES string of the molecule is Cc1ccc(NC(=O)c2cncc(NCC(C)C)c2)c(Br)c1. The Morgan fingerprint density at radius 2 is 2.05 bits per heavy atom. The highest BCUT2D eigenvalue weighted by atomic mass is 79.9. The van der Waals surface area contributed by atoms with Crippen LogP contribution in [0.3, 0.4) is 0 Å². The maximum atomic E-state index is 12.3. The summed E-state index contributed by atoms with van der Waals surface area (Å²) in [5, 5.41) is 6.16. The van der Waals surface area contributed by atoms with Gasteiger partial charge in [-0.3, -0.25) is 9.78 Å². The van der Waals surface area contributed by atoms with Crippen LogP contribution in [0, 0.1) is 12.8 Å². The Morgan fingerprint density at radius 1 is 1.27 bits per heavy atom. The van der Waals surface area contributed by atoms with E-state index in [-0.39, 0.29) is 5.91 Å². The summed E-state index contributed by atoms with van der Waals surface area (Å²) in [6.45, 7) is 7.11. The molecule has 1 amide bonds. The van der Waals surface area contributed by atoms with Crippen molar-refractivity contribution in [2.75, 3.05) is 17.2 Å². The van der Waals surface area contributed by atoms with Gasteiger partial charge in [0.2, 0.25) is 0 Å². The van der Waals surface area contributed by atoms with Crippen molar-refractivity contribution in [2.45, 2.75) is 20.8 Å². The van der Waals surface area contributed by atoms with Gasteiger partial charge in [-0.15, -0.1) is 0 Å². The third-order valence-electron chi connectivity index (χ3n) is 3.09. The third-order valence-corrected chi connectivity index (χ3v) is 3.74. The van der Waals surface area contributed by atoms with Gasteiger partial charge in [0.05, 0.1) is 16.9 Å². The topological polar surface area (TPSA) is 54.0 Å². The van der Waals surface area contributed by atoms with Gasteiger partial charge in [-0.05, 0) is 52.5 Å². The molecule has 22 heavy (non-hydrogen) atoms. The number of rotatable bonds is 5. The lowest BCUT2D eigenvalue weighted by atomic mass is 10.2. The molecule has 0 aliphatic rings. The van der Waals surface area contributed by atoms with Gasteiger partial charge in [-0.25, -0.2) is 0 Å². The molecular formula is C17H20BrN3O. The molecule has 5 heteroatoms. The summed E-state index contributed by atoms with van der Waals surface area (Å²) < 4.78 is 0.864. The number of nitrogens with zero attached hydrogens (tertiary/aromatic N) is 1. The molecule has 0 fully saturated rings. The van der Waals surface area contributed by atoms with Gasteiger partial charge in [-0.1, -0.05) is 19.9 Å². The lowest BCUT2D eigenvalue weighted by Crippen LogP contribution is -2.14. The van der Waals surface area contributed by atoms with Gasteiger partial charge in [0, 0.05) is 23.4 Å². The number of amides is 1. The number of hydrogen-bond donors (Lipinski definition) is 2. The van der Waals surface area contributed by atoms with Crippen LogP contribution in [0.2, 0.25) is 0 Å². The molecule has 0 aliphatic carbocycles. The van der Waals surface area contributed by atoms with Gasteiger partial charge in [0.25, 0.3) is 5.91 Å². The Morgan fingerprint density at radius 3 is 2.73 bits per heavy atom. The average Bonchev–Trinajstić information content (AvgIpc) is 2.48. The predicted molar refractivity (Wildman–Crippen MR) is 94.4 cm³/mol. The second kappa shape index (κ2) is 7.40. The predicted octanol–water partition coefficient (Wildman–Crippen LogP) is 4.47. The van der Waals surface area contributed by atoms with Crippen LogP contribution in [0.5, 0.6) is 0 Å². The maximum absolute atomic E-state index is 12.3. The van der Waals surface area contributed by atoms with Crippen LogP contribution in [0.4, 0.5) is 11.4 Å². The number of pyridine rings is 1. The fraction of sp³-hybridized carbons (Fsp3) is 0.294. The van der Waals surface area contributed by atoms with Crippen LogP contribution in [0.25, 0.3) is 0 Å². The maximum Gasteiger partial charge on any atom is 0.257 e. The van der Waals surface area contributed by atoms with Crippen LogP contribution in [0.15, 0.2) is 41.1 Å². The highest BCUT2D eigenvalue weighted by Crippen LogP contribution is 2.24. The molecule has 2 rings (SSSR count). The van der Waals surface area contributed by atoms with Crippen LogP contribution < -0.4 is 10.6 Å². The zero-order valence-electron chi connectivity index (χ0n) is 13.0. The first-order valence-corrected chi connectivity index (χ1v) is 8.01. The zero-order chi connectivity index (χ0) is 16.1. The molecule has 0 bridgehead atoms. The van der Waals surface area contributed by atoms with Gasteiger partial charge < -0.3 is 10.6 Å². The first kappa shape index (κ1) is 16.5. The normalized spacial score (nSPS) is 10.6. The smallest absolute Gasteiger partial charge is 0.257 e. The van der Waals surface area contributed by atoms with E-state index in [2.05, 4.69) is 45.4 Å². The van der Waals surface area contributed by atoms with Crippen molar-refractivity contribution in [1.29, 1.82) is 0 Å². The highest BCUT2D eigenvalue weighted by Gasteiger charge is 2.10. The molecule has 0 unspecified atom stereocenters. The summed E-state index contributed by atoms with van der Waals surface area (Å²) in [6.07, 6.45) is 3.29. The van der Waals surface area contributed by atoms with Crippen molar-refractivity contribution in [3.63, 3.8) is 0 Å². The minimum absolute atomic E-state index is 0.176. The number of hydrogen-bond acceptors (Lipinski definition) is 3. The number of aryl methyl sites for hydroxylation is 1. The average molecular weight is 362 g/mol. The monoisotopic (exact) mass is 361 g/mol. The minimum Gasteiger partial charge on any atom is -0.384 e. The van der Waals surface area contributed by atoms with E-state index >= 15 is 0 Å². The Bertz CT molecular complexity index is 671. The second-order valence-corrected chi connectivity index (χ2v) is 6.53. The molecule has 0 spiro atoms. The molecular weight excluding hydrogens is 342 g/mol. The van der Waals surface area contributed by atoms with Crippen molar-refractivity contribution in [2.24, 2.45) is 5.92 Å². The molecule has 2 N–H and O–H groups in total. The van der Waals surface area contributed by atoms with E-state index in [4.69, 9.17) is 0 Å². The van der Waals surface area contributed by atoms with Crippen molar-refractivity contribution in [1.82, 2.24) is 4.98 Å². The van der Waals surface area contributed by atoms with Gasteiger partial charge >= 0.3 is 0 Å². The van der Waals surface area contributed by atoms with Crippen LogP contribution in [-0.4, -0.2) is 17.4 Å². The van der Waals surface area contributed by atoms with Crippen molar-refractivity contribution < 1.29 is 4.79 Å². The number of benzene rings is 1. The lowest BCUT2D eigenvalue weighted by molar-refractivity contribution is 0.102. The second-order valence-electron chi connectivity index (χ2n) is 5.67. The number of halogens is 1. The fourth-order valence-corrected chi connectivity index (χ4v) is 2.49. The molecule has 4 nitrogen and oxygen atoms in total. The lowest BCUT2D eigenvalue weighted by Gasteiger charge is -2.11. The van der Waals surface area contributed by atoms with Crippen LogP contribution >= 0.6 is 15.9 Å². The van der Waals surface area contributed by atoms with Gasteiger partial charge in [0.1, 0.15) is 0 Å². The molecule has 0 radical (unpaired) electrons. The van der Waals surface area contributed by atoms with Gasteiger partial charge in [-0.2, -0.15) is 0 Å². The molecule has 1 heterocycles. The molecule has 0 aliphatic heterocycles. The minimum atomic E-state index is -0.176. The van der Waals surface area contributed by atoms with E-state index < -0.39 is 0 Å². The summed E-state index contributed by atoms with van der Waals surface area (Å²) >= 11 is 3.46. The molecule has 2 aromatic rings. The van der Waals surface area contributed by atoms with Crippen molar-refractivity contribution in [3.05, 3.63) is 52.3 Å². The molecule has 1 aromatic heterocycles. The summed E-state index contributed by atoms with van der Waals surface area (Å²) in [5.74, 6) is 0.353. The number of carbonyl (C=O) groups is 1. The number of nitrogens with one attached hydrogen (secondary N) is 2. The summed E-state index contributed by atoms with van der Waals surface area (Å²) in [6, 6.07) is 7.62. The third kappa shape index (κ3) is 4.56. The first-order chi connectivity index (χ1) is 10.5. The Kier molecular flexibility index (Phi) is 5.55. The Balaban J connectivity index is 2.10. The molecule has 0 saturated heterocycles. The number of carbonyl (C=O) groups excluding carboxylic acids is 1. The van der Waals surface area contributed by atoms with E-state index in [1.165, 1.54) is 0 Å². The van der Waals surface area contributed by atoms with Crippen molar-refractivity contribution in [3.8, 4) is 0 Å². The standard InChI is InChI=1S/C17H20BrN3O/c1-11(2)8-20-14-7-13(9-19-10-14)17(22)21-16-5-4-12(3)6-15(16)18/h4-7,9-11,20H,8H2,1-3H3,(H,21,22).